The van der Waals surface area contributed by atoms with E-state index in [2.05, 4.69) is 37.0 Å². The van der Waals surface area contributed by atoms with Gasteiger partial charge in [-0.1, -0.05) is 0 Å². The van der Waals surface area contributed by atoms with E-state index in [1.54, 1.807) is 0 Å². The second-order valence-corrected chi connectivity index (χ2v) is 8.05. The molecular formula is C23H21N7O. The fraction of sp³-hybridized carbons (Fsp3) is 0.261. The molecule has 0 spiro atoms. The highest BCUT2D eigenvalue weighted by Gasteiger charge is 2.25. The molecule has 8 nitrogen and oxygen atoms in total. The maximum absolute atomic E-state index is 12.2. The van der Waals surface area contributed by atoms with Crippen molar-refractivity contribution in [1.82, 2.24) is 24.6 Å². The number of anilines is 3. The van der Waals surface area contributed by atoms with Gasteiger partial charge in [-0.05, 0) is 42.3 Å². The number of hydrogen-bond acceptors (Lipinski definition) is 7. The van der Waals surface area contributed by atoms with E-state index in [4.69, 9.17) is 4.98 Å². The van der Waals surface area contributed by atoms with Crippen LogP contribution in [-0.4, -0.2) is 37.7 Å². The lowest BCUT2D eigenvalue weighted by Crippen LogP contribution is -2.33. The molecule has 0 amide bonds. The van der Waals surface area contributed by atoms with Crippen LogP contribution in [0.2, 0.25) is 0 Å². The molecule has 0 atom stereocenters. The zero-order valence-electron chi connectivity index (χ0n) is 17.2. The summed E-state index contributed by atoms with van der Waals surface area (Å²) >= 11 is 0. The molecule has 0 radical (unpaired) electrons. The quantitative estimate of drug-likeness (QED) is 0.501. The minimum atomic E-state index is -0.172. The van der Waals surface area contributed by atoms with Gasteiger partial charge in [0.15, 0.2) is 11.5 Å². The zero-order valence-corrected chi connectivity index (χ0v) is 17.2. The highest BCUT2D eigenvalue weighted by Crippen LogP contribution is 2.34. The van der Waals surface area contributed by atoms with Gasteiger partial charge in [-0.2, -0.15) is 4.52 Å². The van der Waals surface area contributed by atoms with Gasteiger partial charge in [0.05, 0.1) is 23.3 Å². The summed E-state index contributed by atoms with van der Waals surface area (Å²) in [7, 11) is 0. The monoisotopic (exact) mass is 411 g/mol. The number of rotatable bonds is 2. The minimum absolute atomic E-state index is 0.172. The number of pyridine rings is 2. The first-order valence-corrected chi connectivity index (χ1v) is 10.5. The zero-order chi connectivity index (χ0) is 20.9. The van der Waals surface area contributed by atoms with Gasteiger partial charge >= 0.3 is 0 Å². The highest BCUT2D eigenvalue weighted by atomic mass is 16.1. The first kappa shape index (κ1) is 18.0. The lowest BCUT2D eigenvalue weighted by atomic mass is 10.0. The molecule has 4 aromatic heterocycles. The minimum Gasteiger partial charge on any atom is -0.350 e. The largest absolute Gasteiger partial charge is 0.350 e. The molecule has 4 aromatic rings. The lowest BCUT2D eigenvalue weighted by Gasteiger charge is -2.31. The predicted molar refractivity (Wildman–Crippen MR) is 118 cm³/mol. The fourth-order valence-electron chi connectivity index (χ4n) is 4.58. The van der Waals surface area contributed by atoms with Crippen LogP contribution in [0.25, 0.3) is 5.65 Å². The van der Waals surface area contributed by atoms with Gasteiger partial charge in [0.25, 0.3) is 5.56 Å². The van der Waals surface area contributed by atoms with Gasteiger partial charge in [-0.3, -0.25) is 14.8 Å². The van der Waals surface area contributed by atoms with E-state index in [9.17, 15) is 4.79 Å². The Hall–Kier alpha value is -3.81. The number of hydrogen-bond donors (Lipinski definition) is 0. The molecule has 0 unspecified atom stereocenters. The smallest absolute Gasteiger partial charge is 0.274 e. The Labute approximate surface area is 178 Å². The van der Waals surface area contributed by atoms with Crippen molar-refractivity contribution in [3.8, 4) is 0 Å². The van der Waals surface area contributed by atoms with Crippen LogP contribution < -0.4 is 15.4 Å². The summed E-state index contributed by atoms with van der Waals surface area (Å²) in [6, 6.07) is 9.69. The maximum Gasteiger partial charge on any atom is 0.274 e. The molecule has 31 heavy (non-hydrogen) atoms. The first-order valence-electron chi connectivity index (χ1n) is 10.5. The molecule has 0 N–H and O–H groups in total. The molecule has 0 fully saturated rings. The third-order valence-corrected chi connectivity index (χ3v) is 6.11. The average molecular weight is 411 g/mol. The molecule has 6 heterocycles. The summed E-state index contributed by atoms with van der Waals surface area (Å²) in [5.74, 6) is 0.814. The molecule has 0 bridgehead atoms. The van der Waals surface area contributed by atoms with Crippen LogP contribution >= 0.6 is 0 Å². The number of aromatic nitrogens is 5. The summed E-state index contributed by atoms with van der Waals surface area (Å²) in [6.45, 7) is 4.44. The van der Waals surface area contributed by atoms with Crippen LogP contribution in [0.15, 0.2) is 53.7 Å². The molecule has 0 aliphatic carbocycles. The van der Waals surface area contributed by atoms with Crippen LogP contribution in [0.4, 0.5) is 17.2 Å². The molecule has 0 saturated carbocycles. The van der Waals surface area contributed by atoms with Crippen LogP contribution in [0.5, 0.6) is 0 Å². The summed E-state index contributed by atoms with van der Waals surface area (Å²) in [5, 5.41) is 4.63. The predicted octanol–water partition coefficient (Wildman–Crippen LogP) is 2.44. The molecule has 0 aromatic carbocycles. The normalized spacial score (nSPS) is 15.3. The Morgan fingerprint density at radius 2 is 1.87 bits per heavy atom. The molecule has 2 aliphatic rings. The summed E-state index contributed by atoms with van der Waals surface area (Å²) in [5.41, 5.74) is 7.11. The second kappa shape index (κ2) is 6.87. The van der Waals surface area contributed by atoms with Crippen LogP contribution in [0, 0.1) is 6.92 Å². The fourth-order valence-corrected chi connectivity index (χ4v) is 4.58. The molecule has 0 saturated heterocycles. The van der Waals surface area contributed by atoms with Crippen molar-refractivity contribution in [2.75, 3.05) is 22.9 Å². The van der Waals surface area contributed by atoms with Crippen molar-refractivity contribution in [2.24, 2.45) is 0 Å². The van der Waals surface area contributed by atoms with Crippen molar-refractivity contribution >= 4 is 22.8 Å². The van der Waals surface area contributed by atoms with E-state index in [0.717, 1.165) is 60.1 Å². The van der Waals surface area contributed by atoms with Gasteiger partial charge in [0.2, 0.25) is 0 Å². The molecule has 8 heteroatoms. The Balaban J connectivity index is 1.36. The molecule has 6 rings (SSSR count). The number of nitrogens with zero attached hydrogens (tertiary/aromatic N) is 7. The van der Waals surface area contributed by atoms with Crippen molar-refractivity contribution in [1.29, 1.82) is 0 Å². The van der Waals surface area contributed by atoms with E-state index in [1.807, 2.05) is 31.5 Å². The van der Waals surface area contributed by atoms with E-state index >= 15 is 0 Å². The van der Waals surface area contributed by atoms with Gasteiger partial charge in [0.1, 0.15) is 0 Å². The van der Waals surface area contributed by atoms with Crippen LogP contribution in [0.1, 0.15) is 22.5 Å². The number of fused-ring (bicyclic) bond motifs is 3. The second-order valence-electron chi connectivity index (χ2n) is 8.05. The van der Waals surface area contributed by atoms with Crippen molar-refractivity contribution in [3.05, 3.63) is 81.8 Å². The van der Waals surface area contributed by atoms with E-state index in [-0.39, 0.29) is 5.56 Å². The van der Waals surface area contributed by atoms with Gasteiger partial charge in [-0.25, -0.2) is 4.98 Å². The summed E-state index contributed by atoms with van der Waals surface area (Å²) in [4.78, 5) is 30.3. The first-order chi connectivity index (χ1) is 15.2. The summed E-state index contributed by atoms with van der Waals surface area (Å²) in [6.07, 6.45) is 7.14. The van der Waals surface area contributed by atoms with Crippen molar-refractivity contribution < 1.29 is 0 Å². The Bertz CT molecular complexity index is 1380. The molecular weight excluding hydrogens is 390 g/mol. The molecule has 2 aliphatic heterocycles. The third-order valence-electron chi connectivity index (χ3n) is 6.11. The Morgan fingerprint density at radius 1 is 0.968 bits per heavy atom. The lowest BCUT2D eigenvalue weighted by molar-refractivity contribution is 0.685. The molecule has 154 valence electrons. The maximum atomic E-state index is 12.2. The Kier molecular flexibility index (Phi) is 3.99. The summed E-state index contributed by atoms with van der Waals surface area (Å²) < 4.78 is 1.38. The van der Waals surface area contributed by atoms with Gasteiger partial charge < -0.3 is 9.80 Å². The van der Waals surface area contributed by atoms with Crippen molar-refractivity contribution in [3.63, 3.8) is 0 Å². The standard InChI is InChI=1S/C23H21N7O/c1-15-11-21-25-8-4-22(31)30(21)27-23(15)28-9-5-18-16(14-28)12-17(13-26-18)29-10-6-19-20(29)3-2-7-24-19/h2-4,7-8,11-13H,5-6,9-10,14H2,1H3. The van der Waals surface area contributed by atoms with Crippen LogP contribution in [-0.2, 0) is 19.4 Å². The SMILES string of the molecule is Cc1cc2nccc(=O)n2nc1N1CCc2ncc(N3CCc4ncccc43)cc2C1. The van der Waals surface area contributed by atoms with Gasteiger partial charge in [-0.15, -0.1) is 5.10 Å². The van der Waals surface area contributed by atoms with Gasteiger partial charge in [0, 0.05) is 56.6 Å². The number of aryl methyl sites for hydroxylation is 1. The van der Waals surface area contributed by atoms with E-state index < -0.39 is 0 Å². The van der Waals surface area contributed by atoms with E-state index in [0.29, 0.717) is 12.2 Å². The van der Waals surface area contributed by atoms with E-state index in [1.165, 1.54) is 22.3 Å². The topological polar surface area (TPSA) is 79.5 Å². The Morgan fingerprint density at radius 3 is 2.81 bits per heavy atom. The van der Waals surface area contributed by atoms with Crippen molar-refractivity contribution in [2.45, 2.75) is 26.3 Å². The average Bonchev–Trinajstić information content (AvgIpc) is 3.22. The highest BCUT2D eigenvalue weighted by molar-refractivity contribution is 5.68. The third kappa shape index (κ3) is 2.94. The van der Waals surface area contributed by atoms with Crippen LogP contribution in [0.3, 0.4) is 0 Å².